The number of thioether (sulfide) groups is 1. The Labute approximate surface area is 165 Å². The lowest BCUT2D eigenvalue weighted by molar-refractivity contribution is -0.117. The average Bonchev–Trinajstić information content (AvgIpc) is 3.01. The Morgan fingerprint density at radius 1 is 1.15 bits per heavy atom. The molecule has 1 atom stereocenters. The molecular weight excluding hydrogens is 391 g/mol. The monoisotopic (exact) mass is 406 g/mol. The molecule has 0 radical (unpaired) electrons. The van der Waals surface area contributed by atoms with Crippen molar-refractivity contribution in [2.75, 3.05) is 0 Å². The second-order valence-electron chi connectivity index (χ2n) is 5.74. The Kier molecular flexibility index (Phi) is 5.55. The van der Waals surface area contributed by atoms with E-state index in [2.05, 4.69) is 10.2 Å². The first kappa shape index (κ1) is 18.8. The van der Waals surface area contributed by atoms with E-state index < -0.39 is 11.2 Å². The van der Waals surface area contributed by atoms with Crippen LogP contribution in [0.25, 0.3) is 17.1 Å². The van der Waals surface area contributed by atoms with Gasteiger partial charge < -0.3 is 5.73 Å². The van der Waals surface area contributed by atoms with Crippen molar-refractivity contribution in [1.29, 1.82) is 0 Å². The van der Waals surface area contributed by atoms with E-state index in [1.54, 1.807) is 19.1 Å². The molecule has 0 spiro atoms. The van der Waals surface area contributed by atoms with Gasteiger partial charge in [0.1, 0.15) is 0 Å². The summed E-state index contributed by atoms with van der Waals surface area (Å²) < 4.78 is 1.86. The van der Waals surface area contributed by atoms with Crippen molar-refractivity contribution in [2.45, 2.75) is 24.3 Å². The number of hydrogen-bond acceptors (Lipinski definition) is 4. The van der Waals surface area contributed by atoms with Crippen LogP contribution in [0.5, 0.6) is 0 Å². The van der Waals surface area contributed by atoms with E-state index in [1.165, 1.54) is 11.8 Å². The summed E-state index contributed by atoms with van der Waals surface area (Å²) in [6, 6.07) is 13.0. The van der Waals surface area contributed by atoms with E-state index in [-0.39, 0.29) is 0 Å². The maximum absolute atomic E-state index is 11.5. The van der Waals surface area contributed by atoms with Crippen molar-refractivity contribution in [3.63, 3.8) is 0 Å². The van der Waals surface area contributed by atoms with E-state index in [0.29, 0.717) is 21.0 Å². The number of halogens is 2. The van der Waals surface area contributed by atoms with Gasteiger partial charge in [0.25, 0.3) is 0 Å². The molecule has 3 aromatic rings. The van der Waals surface area contributed by atoms with Crippen molar-refractivity contribution < 1.29 is 4.79 Å². The lowest BCUT2D eigenvalue weighted by Crippen LogP contribution is -2.23. The summed E-state index contributed by atoms with van der Waals surface area (Å²) in [6.07, 6.45) is 0. The highest BCUT2D eigenvalue weighted by molar-refractivity contribution is 8.00. The number of nitrogens with zero attached hydrogens (tertiary/aromatic N) is 3. The normalized spacial score (nSPS) is 12.2. The topological polar surface area (TPSA) is 73.8 Å². The summed E-state index contributed by atoms with van der Waals surface area (Å²) in [4.78, 5) is 11.5. The smallest absolute Gasteiger partial charge is 0.230 e. The third kappa shape index (κ3) is 3.87. The fourth-order valence-corrected chi connectivity index (χ4v) is 3.42. The van der Waals surface area contributed by atoms with Crippen LogP contribution in [0.15, 0.2) is 47.6 Å². The lowest BCUT2D eigenvalue weighted by Gasteiger charge is -2.13. The number of amides is 1. The first-order valence-electron chi connectivity index (χ1n) is 7.80. The average molecular weight is 407 g/mol. The second-order valence-corrected chi connectivity index (χ2v) is 7.90. The van der Waals surface area contributed by atoms with Gasteiger partial charge in [-0.1, -0.05) is 41.0 Å². The van der Waals surface area contributed by atoms with Crippen LogP contribution in [-0.2, 0) is 4.79 Å². The number of rotatable bonds is 5. The van der Waals surface area contributed by atoms with E-state index >= 15 is 0 Å². The Bertz CT molecular complexity index is 956. The number of nitrogens with two attached hydrogens (primary N) is 1. The number of carbonyl (C=O) groups excluding carboxylic acids is 1. The maximum Gasteiger partial charge on any atom is 0.230 e. The fraction of sp³-hybridized carbons (Fsp3) is 0.167. The molecule has 0 fully saturated rings. The highest BCUT2D eigenvalue weighted by Gasteiger charge is 2.20. The summed E-state index contributed by atoms with van der Waals surface area (Å²) in [6.45, 7) is 3.67. The minimum absolute atomic E-state index is 0.417. The van der Waals surface area contributed by atoms with Crippen molar-refractivity contribution in [3.05, 3.63) is 58.1 Å². The van der Waals surface area contributed by atoms with E-state index in [4.69, 9.17) is 28.9 Å². The molecule has 0 bridgehead atoms. The molecule has 3 rings (SSSR count). The molecule has 134 valence electrons. The van der Waals surface area contributed by atoms with E-state index in [9.17, 15) is 4.79 Å². The molecule has 0 saturated carbocycles. The number of primary amides is 1. The van der Waals surface area contributed by atoms with Crippen LogP contribution in [0.3, 0.4) is 0 Å². The molecule has 0 aliphatic rings. The van der Waals surface area contributed by atoms with E-state index in [1.807, 2.05) is 41.8 Å². The molecule has 1 aromatic heterocycles. The number of benzene rings is 2. The van der Waals surface area contributed by atoms with E-state index in [0.717, 1.165) is 16.8 Å². The van der Waals surface area contributed by atoms with Gasteiger partial charge in [0.2, 0.25) is 5.91 Å². The quantitative estimate of drug-likeness (QED) is 0.632. The summed E-state index contributed by atoms with van der Waals surface area (Å²) in [5, 5.41) is 9.95. The van der Waals surface area contributed by atoms with Crippen LogP contribution >= 0.6 is 35.0 Å². The molecule has 0 saturated heterocycles. The molecule has 5 nitrogen and oxygen atoms in total. The van der Waals surface area contributed by atoms with Gasteiger partial charge >= 0.3 is 0 Å². The summed E-state index contributed by atoms with van der Waals surface area (Å²) in [5.74, 6) is 0.209. The van der Waals surface area contributed by atoms with Gasteiger partial charge in [-0.2, -0.15) is 0 Å². The molecular formula is C18H16Cl2N4OS. The summed E-state index contributed by atoms with van der Waals surface area (Å²) in [7, 11) is 0. The number of aromatic nitrogens is 3. The molecule has 8 heteroatoms. The first-order valence-corrected chi connectivity index (χ1v) is 9.44. The van der Waals surface area contributed by atoms with Crippen molar-refractivity contribution in [3.8, 4) is 17.1 Å². The number of carbonyl (C=O) groups is 1. The van der Waals surface area contributed by atoms with Crippen molar-refractivity contribution in [1.82, 2.24) is 14.8 Å². The van der Waals surface area contributed by atoms with Crippen LogP contribution < -0.4 is 5.73 Å². The molecule has 0 aliphatic carbocycles. The molecule has 0 aliphatic heterocycles. The van der Waals surface area contributed by atoms with Gasteiger partial charge in [-0.15, -0.1) is 10.2 Å². The van der Waals surface area contributed by atoms with Crippen LogP contribution in [0, 0.1) is 6.92 Å². The van der Waals surface area contributed by atoms with Crippen LogP contribution in [0.4, 0.5) is 0 Å². The number of hydrogen-bond donors (Lipinski definition) is 1. The minimum Gasteiger partial charge on any atom is -0.369 e. The minimum atomic E-state index is -0.447. The zero-order chi connectivity index (χ0) is 18.8. The van der Waals surface area contributed by atoms with Crippen LogP contribution in [0.2, 0.25) is 10.0 Å². The first-order chi connectivity index (χ1) is 12.4. The van der Waals surface area contributed by atoms with Crippen molar-refractivity contribution in [2.24, 2.45) is 5.73 Å². The van der Waals surface area contributed by atoms with Gasteiger partial charge in [-0.3, -0.25) is 9.36 Å². The predicted octanol–water partition coefficient (Wildman–Crippen LogP) is 4.52. The molecule has 0 unspecified atom stereocenters. The third-order valence-corrected chi connectivity index (χ3v) is 5.55. The van der Waals surface area contributed by atoms with Crippen LogP contribution in [-0.4, -0.2) is 25.9 Å². The second kappa shape index (κ2) is 7.70. The Morgan fingerprint density at radius 2 is 1.85 bits per heavy atom. The Balaban J connectivity index is 2.15. The molecule has 2 aromatic carbocycles. The summed E-state index contributed by atoms with van der Waals surface area (Å²) in [5.41, 5.74) is 8.01. The largest absolute Gasteiger partial charge is 0.369 e. The standard InChI is InChI=1S/C18H16Cl2N4OS/c1-10-3-8-14(9-15(10)20)24-17(12-4-6-13(19)7-5-12)22-23-18(24)26-11(2)16(21)25/h3-9,11H,1-2H3,(H2,21,25)/t11-/m1/s1. The molecule has 1 amide bonds. The van der Waals surface area contributed by atoms with Gasteiger partial charge in [0.15, 0.2) is 11.0 Å². The highest BCUT2D eigenvalue weighted by Crippen LogP contribution is 2.32. The third-order valence-electron chi connectivity index (χ3n) is 3.83. The molecule has 26 heavy (non-hydrogen) atoms. The molecule has 1 heterocycles. The molecule has 2 N–H and O–H groups in total. The zero-order valence-electron chi connectivity index (χ0n) is 14.1. The van der Waals surface area contributed by atoms with Gasteiger partial charge in [-0.25, -0.2) is 0 Å². The van der Waals surface area contributed by atoms with Gasteiger partial charge in [-0.05, 0) is 55.8 Å². The Hall–Kier alpha value is -2.02. The highest BCUT2D eigenvalue weighted by atomic mass is 35.5. The van der Waals surface area contributed by atoms with Gasteiger partial charge in [0.05, 0.1) is 10.9 Å². The predicted molar refractivity (Wildman–Crippen MR) is 106 cm³/mol. The maximum atomic E-state index is 11.5. The number of aryl methyl sites for hydroxylation is 1. The SMILES string of the molecule is Cc1ccc(-n2c(S[C@H](C)C(N)=O)nnc2-c2ccc(Cl)cc2)cc1Cl. The van der Waals surface area contributed by atoms with Gasteiger partial charge in [0, 0.05) is 15.6 Å². The fourth-order valence-electron chi connectivity index (χ4n) is 2.30. The summed E-state index contributed by atoms with van der Waals surface area (Å²) >= 11 is 13.5. The van der Waals surface area contributed by atoms with Crippen molar-refractivity contribution >= 4 is 40.9 Å². The zero-order valence-corrected chi connectivity index (χ0v) is 16.4. The Morgan fingerprint density at radius 3 is 2.46 bits per heavy atom. The lowest BCUT2D eigenvalue weighted by atomic mass is 10.2. The van der Waals surface area contributed by atoms with Crippen LogP contribution in [0.1, 0.15) is 12.5 Å².